The third-order valence-electron chi connectivity index (χ3n) is 12.0. The summed E-state index contributed by atoms with van der Waals surface area (Å²) >= 11 is 0. The quantitative estimate of drug-likeness (QED) is 0.176. The number of carbonyl (C=O) groups excluding carboxylic acids is 1. The molecule has 4 aliphatic carbocycles. The summed E-state index contributed by atoms with van der Waals surface area (Å²) in [6.45, 7) is 29.0. The number of fused-ring (bicyclic) bond motifs is 5. The van der Waals surface area contributed by atoms with Crippen molar-refractivity contribution >= 4 is 30.9 Å². The first-order valence-corrected chi connectivity index (χ1v) is 27.5. The van der Waals surface area contributed by atoms with Crippen molar-refractivity contribution < 1.29 is 22.8 Å². The minimum absolute atomic E-state index is 0.0799. The number of ether oxygens (including phenoxy) is 1. The van der Waals surface area contributed by atoms with Crippen molar-refractivity contribution in [2.75, 3.05) is 7.11 Å². The fourth-order valence-corrected chi connectivity index (χ4v) is 14.1. The molecule has 4 rings (SSSR count). The third-order valence-corrected chi connectivity index (χ3v) is 15.0. The molecule has 5 nitrogen and oxygen atoms in total. The second-order valence-corrected chi connectivity index (χ2v) is 31.6. The molecule has 0 bridgehead atoms. The van der Waals surface area contributed by atoms with Crippen LogP contribution in [0.4, 0.5) is 0 Å². The molecule has 11 atom stereocenters. The van der Waals surface area contributed by atoms with Gasteiger partial charge >= 0.3 is 5.97 Å². The van der Waals surface area contributed by atoms with E-state index < -0.39 is 25.0 Å². The molecule has 0 N–H and O–H groups in total. The van der Waals surface area contributed by atoms with Gasteiger partial charge in [0, 0.05) is 18.6 Å². The average molecular weight is 639 g/mol. The lowest BCUT2D eigenvalue weighted by atomic mass is 9.43. The molecule has 0 heterocycles. The monoisotopic (exact) mass is 638 g/mol. The molecule has 4 aliphatic rings. The molecule has 0 radical (unpaired) electrons. The second-order valence-electron chi connectivity index (χ2n) is 18.2. The summed E-state index contributed by atoms with van der Waals surface area (Å²) in [6, 6.07) is 0. The van der Waals surface area contributed by atoms with Crippen LogP contribution in [0.5, 0.6) is 0 Å². The molecular formula is C34H66O5Si3. The largest absolute Gasteiger partial charge is 0.469 e. The number of hydrogen-bond donors (Lipinski definition) is 0. The first-order chi connectivity index (χ1) is 19.2. The molecule has 244 valence electrons. The Kier molecular flexibility index (Phi) is 10.2. The lowest BCUT2D eigenvalue weighted by molar-refractivity contribution is -0.199. The van der Waals surface area contributed by atoms with Gasteiger partial charge in [0.05, 0.1) is 13.2 Å². The highest BCUT2D eigenvalue weighted by Crippen LogP contribution is 2.69. The third kappa shape index (κ3) is 7.35. The summed E-state index contributed by atoms with van der Waals surface area (Å²) in [4.78, 5) is 12.1. The SMILES string of the molecule is COC(=O)CC[C@@H](C)[C@H]1CC[C@H]2[C@@H]3[C@H](O[Si](C)(C)C)C[C@H]4C[C@@H](O[Si](C)(C)C)CC[C@]4(C)[C@H]3C[C@@H](O[Si](C)(C)C)[C@]12C. The minimum Gasteiger partial charge on any atom is -0.469 e. The molecule has 42 heavy (non-hydrogen) atoms. The predicted octanol–water partition coefficient (Wildman–Crippen LogP) is 9.11. The van der Waals surface area contributed by atoms with E-state index in [1.165, 1.54) is 52.1 Å². The van der Waals surface area contributed by atoms with Crippen molar-refractivity contribution in [3.8, 4) is 0 Å². The smallest absolute Gasteiger partial charge is 0.305 e. The summed E-state index contributed by atoms with van der Waals surface area (Å²) in [5, 5.41) is 0. The van der Waals surface area contributed by atoms with Gasteiger partial charge in [-0.15, -0.1) is 0 Å². The highest BCUT2D eigenvalue weighted by Gasteiger charge is 2.67. The molecule has 0 amide bonds. The Labute approximate surface area is 262 Å². The zero-order chi connectivity index (χ0) is 31.5. The van der Waals surface area contributed by atoms with Crippen molar-refractivity contribution in [1.29, 1.82) is 0 Å². The Bertz CT molecular complexity index is 954. The van der Waals surface area contributed by atoms with Gasteiger partial charge in [-0.2, -0.15) is 0 Å². The van der Waals surface area contributed by atoms with E-state index in [1.54, 1.807) is 0 Å². The fraction of sp³-hybridized carbons (Fsp3) is 0.971. The molecule has 0 aliphatic heterocycles. The van der Waals surface area contributed by atoms with Gasteiger partial charge < -0.3 is 18.0 Å². The number of hydrogen-bond acceptors (Lipinski definition) is 5. The van der Waals surface area contributed by atoms with Gasteiger partial charge in [0.2, 0.25) is 0 Å². The van der Waals surface area contributed by atoms with Gasteiger partial charge in [-0.05, 0) is 157 Å². The van der Waals surface area contributed by atoms with Crippen molar-refractivity contribution in [3.63, 3.8) is 0 Å². The van der Waals surface area contributed by atoms with E-state index in [0.29, 0.717) is 59.6 Å². The average Bonchev–Trinajstić information content (AvgIpc) is 3.19. The summed E-state index contributed by atoms with van der Waals surface area (Å²) in [5.74, 6) is 3.45. The van der Waals surface area contributed by atoms with Crippen LogP contribution in [0, 0.1) is 46.3 Å². The summed E-state index contributed by atoms with van der Waals surface area (Å²) in [6.07, 6.45) is 11.0. The maximum Gasteiger partial charge on any atom is 0.305 e. The highest BCUT2D eigenvalue weighted by atomic mass is 28.4. The number of esters is 1. The van der Waals surface area contributed by atoms with Crippen molar-refractivity contribution in [2.45, 2.75) is 156 Å². The molecule has 4 saturated carbocycles. The zero-order valence-corrected chi connectivity index (χ0v) is 32.6. The van der Waals surface area contributed by atoms with Crippen LogP contribution in [-0.2, 0) is 22.8 Å². The molecule has 0 unspecified atom stereocenters. The Balaban J connectivity index is 1.72. The van der Waals surface area contributed by atoms with Crippen molar-refractivity contribution in [2.24, 2.45) is 46.3 Å². The number of carbonyl (C=O) groups is 1. The van der Waals surface area contributed by atoms with Crippen LogP contribution in [0.2, 0.25) is 58.9 Å². The van der Waals surface area contributed by atoms with Crippen LogP contribution in [0.3, 0.4) is 0 Å². The van der Waals surface area contributed by atoms with Crippen LogP contribution in [0.1, 0.15) is 78.6 Å². The van der Waals surface area contributed by atoms with Gasteiger partial charge in [-0.25, -0.2) is 0 Å². The van der Waals surface area contributed by atoms with Crippen LogP contribution in [-0.4, -0.2) is 56.3 Å². The van der Waals surface area contributed by atoms with Gasteiger partial charge in [0.15, 0.2) is 25.0 Å². The van der Waals surface area contributed by atoms with Gasteiger partial charge in [-0.3, -0.25) is 4.79 Å². The van der Waals surface area contributed by atoms with Crippen LogP contribution >= 0.6 is 0 Å². The van der Waals surface area contributed by atoms with Crippen LogP contribution in [0.25, 0.3) is 0 Å². The maximum atomic E-state index is 12.1. The summed E-state index contributed by atoms with van der Waals surface area (Å²) < 4.78 is 26.4. The number of methoxy groups -OCH3 is 1. The van der Waals surface area contributed by atoms with Crippen LogP contribution in [0.15, 0.2) is 0 Å². The first kappa shape index (κ1) is 34.9. The summed E-state index contributed by atoms with van der Waals surface area (Å²) in [7, 11) is -3.61. The summed E-state index contributed by atoms with van der Waals surface area (Å²) in [5.41, 5.74) is 0.430. The van der Waals surface area contributed by atoms with E-state index >= 15 is 0 Å². The Hall–Kier alpha value is 0.000649. The topological polar surface area (TPSA) is 54.0 Å². The fourth-order valence-electron chi connectivity index (χ4n) is 10.5. The Morgan fingerprint density at radius 2 is 1.43 bits per heavy atom. The van der Waals surface area contributed by atoms with Crippen molar-refractivity contribution in [1.82, 2.24) is 0 Å². The van der Waals surface area contributed by atoms with E-state index in [0.717, 1.165) is 6.42 Å². The molecule has 0 saturated heterocycles. The van der Waals surface area contributed by atoms with E-state index in [1.807, 2.05) is 0 Å². The Morgan fingerprint density at radius 3 is 2.00 bits per heavy atom. The van der Waals surface area contributed by atoms with Crippen molar-refractivity contribution in [3.05, 3.63) is 0 Å². The molecule has 8 heteroatoms. The van der Waals surface area contributed by atoms with Crippen LogP contribution < -0.4 is 0 Å². The molecule has 0 aromatic carbocycles. The lowest BCUT2D eigenvalue weighted by Gasteiger charge is -2.66. The van der Waals surface area contributed by atoms with Gasteiger partial charge in [0.25, 0.3) is 0 Å². The molecule has 4 fully saturated rings. The number of rotatable bonds is 10. The van der Waals surface area contributed by atoms with E-state index in [4.69, 9.17) is 18.0 Å². The second kappa shape index (κ2) is 12.3. The highest BCUT2D eigenvalue weighted by molar-refractivity contribution is 6.70. The maximum absolute atomic E-state index is 12.1. The zero-order valence-electron chi connectivity index (χ0n) is 29.6. The normalized spacial score (nSPS) is 41.5. The van der Waals surface area contributed by atoms with E-state index in [-0.39, 0.29) is 17.5 Å². The van der Waals surface area contributed by atoms with Gasteiger partial charge in [-0.1, -0.05) is 20.8 Å². The van der Waals surface area contributed by atoms with E-state index in [2.05, 4.69) is 79.7 Å². The van der Waals surface area contributed by atoms with E-state index in [9.17, 15) is 4.79 Å². The molecule has 0 spiro atoms. The lowest BCUT2D eigenvalue weighted by Crippen LogP contribution is -2.64. The predicted molar refractivity (Wildman–Crippen MR) is 181 cm³/mol. The standard InChI is InChI=1S/C34H66O5Si3/c1-23(14-17-31(35)36-4)26-15-16-27-32-28(22-30(34(26,27)3)39-42(11,12)13)33(2)19-18-25(37-40(5,6)7)20-24(33)21-29(32)38-41(8,9)10/h23-30,32H,14-22H2,1-13H3/t23-,24-,25+,26-,27+,28+,29-,30-,32+,33+,34-/m1/s1. The Morgan fingerprint density at radius 1 is 0.810 bits per heavy atom. The molecule has 0 aromatic heterocycles. The molecular weight excluding hydrogens is 573 g/mol. The first-order valence-electron chi connectivity index (χ1n) is 17.3. The van der Waals surface area contributed by atoms with Gasteiger partial charge in [0.1, 0.15) is 0 Å². The minimum atomic E-state index is -1.79. The molecule has 0 aromatic rings.